The number of pyridine rings is 1. The van der Waals surface area contributed by atoms with Gasteiger partial charge in [-0.05, 0) is 28.7 Å². The Morgan fingerprint density at radius 1 is 1.67 bits per heavy atom. The van der Waals surface area contributed by atoms with Gasteiger partial charge in [0.2, 0.25) is 5.91 Å². The lowest BCUT2D eigenvalue weighted by Crippen LogP contribution is -2.26. The van der Waals surface area contributed by atoms with Gasteiger partial charge in [0.05, 0.1) is 15.1 Å². The van der Waals surface area contributed by atoms with Crippen LogP contribution in [0.1, 0.15) is 6.42 Å². The molecule has 0 spiro atoms. The van der Waals surface area contributed by atoms with E-state index >= 15 is 0 Å². The highest BCUT2D eigenvalue weighted by atomic mass is 127. The highest BCUT2D eigenvalue weighted by Gasteiger charge is 2.31. The molecule has 0 saturated carbocycles. The molecule has 1 aromatic rings. The van der Waals surface area contributed by atoms with Crippen LogP contribution in [0.2, 0.25) is 0 Å². The summed E-state index contributed by atoms with van der Waals surface area (Å²) in [5.41, 5.74) is 0. The Bertz CT molecular complexity index is 415. The number of carbonyl (C=O) groups is 1. The summed E-state index contributed by atoms with van der Waals surface area (Å²) in [6, 6.07) is 1.34. The van der Waals surface area contributed by atoms with Gasteiger partial charge in [-0.1, -0.05) is 0 Å². The Morgan fingerprint density at radius 3 is 2.93 bits per heavy atom. The van der Waals surface area contributed by atoms with Crippen molar-refractivity contribution in [2.75, 3.05) is 11.4 Å². The highest BCUT2D eigenvalue weighted by Crippen LogP contribution is 2.26. The monoisotopic (exact) mass is 340 g/mol. The second-order valence-corrected chi connectivity index (χ2v) is 5.04. The summed E-state index contributed by atoms with van der Waals surface area (Å²) in [5.74, 6) is 0.0226. The Labute approximate surface area is 105 Å². The molecule has 1 saturated heterocycles. The molecule has 0 N–H and O–H groups in total. The summed E-state index contributed by atoms with van der Waals surface area (Å²) < 4.78 is 13.4. The summed E-state index contributed by atoms with van der Waals surface area (Å²) in [5, 5.41) is -0.180. The van der Waals surface area contributed by atoms with Crippen LogP contribution in [0.15, 0.2) is 12.3 Å². The van der Waals surface area contributed by atoms with Crippen molar-refractivity contribution < 1.29 is 9.18 Å². The number of carbonyl (C=O) groups excluding carboxylic acids is 1. The molecular formula is C9H7ClFIN2O. The molecule has 0 radical (unpaired) electrons. The van der Waals surface area contributed by atoms with Crippen LogP contribution >= 0.6 is 34.2 Å². The maximum atomic E-state index is 12.8. The first-order chi connectivity index (χ1) is 7.08. The van der Waals surface area contributed by atoms with Crippen molar-refractivity contribution >= 4 is 45.9 Å². The third-order valence-electron chi connectivity index (χ3n) is 2.12. The van der Waals surface area contributed by atoms with Crippen molar-refractivity contribution in [3.63, 3.8) is 0 Å². The molecule has 6 heteroatoms. The Kier molecular flexibility index (Phi) is 3.11. The molecule has 1 aliphatic heterocycles. The van der Waals surface area contributed by atoms with Crippen molar-refractivity contribution in [2.45, 2.75) is 11.8 Å². The number of hydrogen-bond donors (Lipinski definition) is 0. The topological polar surface area (TPSA) is 33.2 Å². The van der Waals surface area contributed by atoms with E-state index in [-0.39, 0.29) is 11.3 Å². The average molecular weight is 341 g/mol. The van der Waals surface area contributed by atoms with E-state index in [1.165, 1.54) is 11.0 Å². The third kappa shape index (κ3) is 2.23. The molecule has 15 heavy (non-hydrogen) atoms. The SMILES string of the molecule is O=C1CC(Cl)CN1c1ncc(F)cc1I. The molecule has 80 valence electrons. The van der Waals surface area contributed by atoms with Crippen molar-refractivity contribution in [2.24, 2.45) is 0 Å². The smallest absolute Gasteiger partial charge is 0.229 e. The predicted molar refractivity (Wildman–Crippen MR) is 63.5 cm³/mol. The van der Waals surface area contributed by atoms with E-state index in [2.05, 4.69) is 4.98 Å². The van der Waals surface area contributed by atoms with Gasteiger partial charge in [-0.15, -0.1) is 11.6 Å². The van der Waals surface area contributed by atoms with E-state index in [9.17, 15) is 9.18 Å². The molecule has 0 aromatic carbocycles. The van der Waals surface area contributed by atoms with Crippen molar-refractivity contribution in [3.05, 3.63) is 21.7 Å². The molecule has 2 heterocycles. The van der Waals surface area contributed by atoms with Crippen LogP contribution in [-0.2, 0) is 4.79 Å². The predicted octanol–water partition coefficient (Wildman–Crippen LogP) is 2.17. The number of rotatable bonds is 1. The van der Waals surface area contributed by atoms with Crippen LogP contribution in [0.3, 0.4) is 0 Å². The van der Waals surface area contributed by atoms with Gasteiger partial charge in [0, 0.05) is 13.0 Å². The molecule has 1 fully saturated rings. The van der Waals surface area contributed by atoms with Gasteiger partial charge in [-0.3, -0.25) is 9.69 Å². The largest absolute Gasteiger partial charge is 0.294 e. The zero-order valence-corrected chi connectivity index (χ0v) is 10.5. The standard InChI is InChI=1S/C9H7ClFIN2O/c10-5-1-8(15)14(4-5)9-7(12)2-6(11)3-13-9/h2-3,5H,1,4H2. The third-order valence-corrected chi connectivity index (χ3v) is 3.21. The Balaban J connectivity index is 2.34. The molecule has 1 unspecified atom stereocenters. The summed E-state index contributed by atoms with van der Waals surface area (Å²) in [6.07, 6.45) is 1.42. The van der Waals surface area contributed by atoms with Crippen LogP contribution in [0.25, 0.3) is 0 Å². The summed E-state index contributed by atoms with van der Waals surface area (Å²) in [6.45, 7) is 0.440. The fourth-order valence-corrected chi connectivity index (χ4v) is 2.47. The lowest BCUT2D eigenvalue weighted by Gasteiger charge is -2.15. The summed E-state index contributed by atoms with van der Waals surface area (Å²) in [7, 11) is 0. The lowest BCUT2D eigenvalue weighted by atomic mass is 10.4. The number of alkyl halides is 1. The van der Waals surface area contributed by atoms with E-state index in [1.54, 1.807) is 0 Å². The quantitative estimate of drug-likeness (QED) is 0.580. The van der Waals surface area contributed by atoms with Gasteiger partial charge in [0.1, 0.15) is 11.6 Å². The van der Waals surface area contributed by atoms with E-state index < -0.39 is 5.82 Å². The minimum Gasteiger partial charge on any atom is -0.294 e. The number of halogens is 3. The first-order valence-electron chi connectivity index (χ1n) is 4.33. The Hall–Kier alpha value is -0.430. The van der Waals surface area contributed by atoms with E-state index in [0.717, 1.165) is 6.20 Å². The number of amides is 1. The molecule has 2 rings (SSSR count). The van der Waals surface area contributed by atoms with Crippen LogP contribution in [0.5, 0.6) is 0 Å². The van der Waals surface area contributed by atoms with Gasteiger partial charge in [0.15, 0.2) is 0 Å². The number of anilines is 1. The molecule has 1 atom stereocenters. The van der Waals surface area contributed by atoms with Crippen molar-refractivity contribution in [3.8, 4) is 0 Å². The van der Waals surface area contributed by atoms with Crippen LogP contribution < -0.4 is 4.90 Å². The van der Waals surface area contributed by atoms with Crippen LogP contribution in [0.4, 0.5) is 10.2 Å². The second-order valence-electron chi connectivity index (χ2n) is 3.26. The number of nitrogens with zero attached hydrogens (tertiary/aromatic N) is 2. The minimum atomic E-state index is -0.405. The fourth-order valence-electron chi connectivity index (χ4n) is 1.47. The summed E-state index contributed by atoms with van der Waals surface area (Å²) >= 11 is 7.82. The number of hydrogen-bond acceptors (Lipinski definition) is 2. The molecule has 1 aromatic heterocycles. The van der Waals surface area contributed by atoms with Crippen LogP contribution in [-0.4, -0.2) is 22.8 Å². The Morgan fingerprint density at radius 2 is 2.40 bits per heavy atom. The molecule has 0 bridgehead atoms. The fraction of sp³-hybridized carbons (Fsp3) is 0.333. The maximum absolute atomic E-state index is 12.8. The first kappa shape index (κ1) is 11.1. The lowest BCUT2D eigenvalue weighted by molar-refractivity contribution is -0.117. The van der Waals surface area contributed by atoms with Gasteiger partial charge >= 0.3 is 0 Å². The molecule has 3 nitrogen and oxygen atoms in total. The molecule has 0 aliphatic carbocycles. The van der Waals surface area contributed by atoms with Gasteiger partial charge in [-0.25, -0.2) is 9.37 Å². The molecule has 1 aliphatic rings. The van der Waals surface area contributed by atoms with E-state index in [0.29, 0.717) is 22.4 Å². The van der Waals surface area contributed by atoms with Crippen molar-refractivity contribution in [1.29, 1.82) is 0 Å². The summed E-state index contributed by atoms with van der Waals surface area (Å²) in [4.78, 5) is 16.9. The second kappa shape index (κ2) is 4.21. The molecule has 1 amide bonds. The molecular weight excluding hydrogens is 333 g/mol. The van der Waals surface area contributed by atoms with Gasteiger partial charge in [-0.2, -0.15) is 0 Å². The zero-order chi connectivity index (χ0) is 11.0. The maximum Gasteiger partial charge on any atom is 0.229 e. The zero-order valence-electron chi connectivity index (χ0n) is 7.58. The van der Waals surface area contributed by atoms with Gasteiger partial charge < -0.3 is 0 Å². The average Bonchev–Trinajstić information content (AvgIpc) is 2.45. The van der Waals surface area contributed by atoms with Gasteiger partial charge in [0.25, 0.3) is 0 Å². The van der Waals surface area contributed by atoms with E-state index in [4.69, 9.17) is 11.6 Å². The minimum absolute atomic E-state index is 0.0629. The van der Waals surface area contributed by atoms with Crippen molar-refractivity contribution in [1.82, 2.24) is 4.98 Å². The highest BCUT2D eigenvalue weighted by molar-refractivity contribution is 14.1. The first-order valence-corrected chi connectivity index (χ1v) is 5.85. The normalized spacial score (nSPS) is 21.1. The number of aromatic nitrogens is 1. The van der Waals surface area contributed by atoms with E-state index in [1.807, 2.05) is 22.6 Å². The van der Waals surface area contributed by atoms with Crippen LogP contribution in [0, 0.1) is 9.39 Å².